The van der Waals surface area contributed by atoms with Gasteiger partial charge in [0.1, 0.15) is 0 Å². The first kappa shape index (κ1) is 16.5. The fraction of sp³-hybridized carbons (Fsp3) is 1.00. The van der Waals surface area contributed by atoms with E-state index in [1.54, 1.807) is 0 Å². The molecule has 52 valence electrons. The minimum Gasteiger partial charge on any atom is -0.677 e. The third kappa shape index (κ3) is 17.7. The molecule has 0 rings (SSSR count). The van der Waals surface area contributed by atoms with E-state index < -0.39 is 0 Å². The Balaban J connectivity index is -0.000000180. The Morgan fingerprint density at radius 1 is 1.33 bits per heavy atom. The summed E-state index contributed by atoms with van der Waals surface area (Å²) >= 11 is 0. The average molecular weight is 142 g/mol. The Morgan fingerprint density at radius 2 is 1.78 bits per heavy atom. The summed E-state index contributed by atoms with van der Waals surface area (Å²) in [6, 6.07) is 0. The smallest absolute Gasteiger partial charge is 0.677 e. The quantitative estimate of drug-likeness (QED) is 0.392. The molecule has 0 fully saturated rings. The molecule has 0 saturated carbocycles. The molecule has 9 heavy (non-hydrogen) atoms. The van der Waals surface area contributed by atoms with Gasteiger partial charge in [-0.2, -0.15) is 0 Å². The zero-order chi connectivity index (χ0) is 5.70. The molecular formula is C5H15N2NaO. The molecule has 3 N–H and O–H groups in total. The van der Waals surface area contributed by atoms with Gasteiger partial charge < -0.3 is 16.1 Å². The summed E-state index contributed by atoms with van der Waals surface area (Å²) in [5.74, 6) is 0. The molecule has 0 amide bonds. The van der Waals surface area contributed by atoms with E-state index in [4.69, 9.17) is 5.73 Å². The van der Waals surface area contributed by atoms with Crippen molar-refractivity contribution in [3.8, 4) is 0 Å². The normalized spacial score (nSPS) is 8.00. The van der Waals surface area contributed by atoms with Crippen LogP contribution < -0.4 is 29.6 Å². The molecule has 0 aromatic rings. The van der Waals surface area contributed by atoms with Gasteiger partial charge in [-0.15, -0.1) is 6.54 Å². The van der Waals surface area contributed by atoms with Gasteiger partial charge in [0, 0.05) is 0 Å². The van der Waals surface area contributed by atoms with Crippen molar-refractivity contribution in [3.05, 3.63) is 5.73 Å². The molecule has 0 spiro atoms. The first-order valence-electron chi connectivity index (χ1n) is 2.56. The van der Waals surface area contributed by atoms with E-state index in [-0.39, 0.29) is 35.0 Å². The molecule has 0 bridgehead atoms. The van der Waals surface area contributed by atoms with Crippen LogP contribution in [0.2, 0.25) is 0 Å². The number of nitrogens with zero attached hydrogens (tertiary/aromatic N) is 1. The zero-order valence-corrected chi connectivity index (χ0v) is 8.57. The van der Waals surface area contributed by atoms with Crippen LogP contribution in [0.25, 0.3) is 5.73 Å². The molecule has 0 unspecified atom stereocenters. The standard InChI is InChI=1S/C5H13N2.Na.H2O/c1-7(2)5-3-4-6;;/h6H,3-5H2,1-2H3;;1H2/q-1;+1;. The Kier molecular flexibility index (Phi) is 21.3. The molecular weight excluding hydrogens is 127 g/mol. The molecule has 0 atom stereocenters. The number of hydrogen-bond donors (Lipinski definition) is 0. The maximum Gasteiger partial charge on any atom is 1.00 e. The van der Waals surface area contributed by atoms with E-state index in [0.29, 0.717) is 6.54 Å². The van der Waals surface area contributed by atoms with Crippen LogP contribution in [0.4, 0.5) is 0 Å². The van der Waals surface area contributed by atoms with Gasteiger partial charge in [0.25, 0.3) is 0 Å². The molecule has 0 radical (unpaired) electrons. The second kappa shape index (κ2) is 11.6. The molecule has 0 heterocycles. The van der Waals surface area contributed by atoms with Gasteiger partial charge >= 0.3 is 29.6 Å². The first-order valence-corrected chi connectivity index (χ1v) is 2.56. The summed E-state index contributed by atoms with van der Waals surface area (Å²) in [7, 11) is 4.05. The van der Waals surface area contributed by atoms with Crippen LogP contribution in [0, 0.1) is 0 Å². The second-order valence-corrected chi connectivity index (χ2v) is 1.91. The van der Waals surface area contributed by atoms with E-state index in [1.165, 1.54) is 0 Å². The molecule has 4 heteroatoms. The predicted octanol–water partition coefficient (Wildman–Crippen LogP) is -2.83. The Labute approximate surface area is 79.2 Å². The topological polar surface area (TPSA) is 58.5 Å². The fourth-order valence-electron chi connectivity index (χ4n) is 0.395. The van der Waals surface area contributed by atoms with Crippen LogP contribution in [-0.4, -0.2) is 37.6 Å². The third-order valence-electron chi connectivity index (χ3n) is 0.782. The Hall–Kier alpha value is 0.880. The van der Waals surface area contributed by atoms with Crippen molar-refractivity contribution in [2.75, 3.05) is 27.2 Å². The van der Waals surface area contributed by atoms with Crippen molar-refractivity contribution in [2.24, 2.45) is 0 Å². The van der Waals surface area contributed by atoms with Gasteiger partial charge in [-0.1, -0.05) is 6.42 Å². The van der Waals surface area contributed by atoms with Crippen molar-refractivity contribution < 1.29 is 35.0 Å². The van der Waals surface area contributed by atoms with Crippen LogP contribution in [0.1, 0.15) is 6.42 Å². The van der Waals surface area contributed by atoms with Crippen LogP contribution in [0.5, 0.6) is 0 Å². The summed E-state index contributed by atoms with van der Waals surface area (Å²) in [5, 5.41) is 0. The van der Waals surface area contributed by atoms with Crippen molar-refractivity contribution >= 4 is 0 Å². The van der Waals surface area contributed by atoms with Gasteiger partial charge in [0.2, 0.25) is 0 Å². The minimum absolute atomic E-state index is 0. The predicted molar refractivity (Wildman–Crippen MR) is 36.0 cm³/mol. The summed E-state index contributed by atoms with van der Waals surface area (Å²) in [6.45, 7) is 1.60. The Morgan fingerprint density at radius 3 is 1.89 bits per heavy atom. The minimum atomic E-state index is 0. The molecule has 0 aliphatic rings. The SMILES string of the molecule is CN(C)CCC[NH-].O.[Na+]. The van der Waals surface area contributed by atoms with Crippen molar-refractivity contribution in [1.82, 2.24) is 4.90 Å². The molecule has 0 aliphatic heterocycles. The van der Waals surface area contributed by atoms with E-state index in [1.807, 2.05) is 14.1 Å². The summed E-state index contributed by atoms with van der Waals surface area (Å²) in [6.07, 6.45) is 0.993. The third-order valence-corrected chi connectivity index (χ3v) is 0.782. The zero-order valence-electron chi connectivity index (χ0n) is 6.57. The summed E-state index contributed by atoms with van der Waals surface area (Å²) < 4.78 is 0. The number of nitrogens with one attached hydrogen (secondary N) is 1. The van der Waals surface area contributed by atoms with Crippen LogP contribution in [-0.2, 0) is 0 Å². The molecule has 0 aromatic carbocycles. The van der Waals surface area contributed by atoms with E-state index >= 15 is 0 Å². The van der Waals surface area contributed by atoms with Crippen molar-refractivity contribution in [3.63, 3.8) is 0 Å². The van der Waals surface area contributed by atoms with Gasteiger partial charge in [-0.3, -0.25) is 0 Å². The van der Waals surface area contributed by atoms with Crippen LogP contribution >= 0.6 is 0 Å². The van der Waals surface area contributed by atoms with Gasteiger partial charge in [0.05, 0.1) is 0 Å². The van der Waals surface area contributed by atoms with E-state index in [2.05, 4.69) is 4.90 Å². The summed E-state index contributed by atoms with van der Waals surface area (Å²) in [5.41, 5.74) is 6.77. The van der Waals surface area contributed by atoms with E-state index in [0.717, 1.165) is 13.0 Å². The molecule has 3 nitrogen and oxygen atoms in total. The largest absolute Gasteiger partial charge is 1.00 e. The van der Waals surface area contributed by atoms with Crippen LogP contribution in [0.3, 0.4) is 0 Å². The maximum absolute atomic E-state index is 6.77. The van der Waals surface area contributed by atoms with Crippen molar-refractivity contribution in [2.45, 2.75) is 6.42 Å². The molecule has 0 saturated heterocycles. The van der Waals surface area contributed by atoms with Gasteiger partial charge in [-0.25, -0.2) is 0 Å². The monoisotopic (exact) mass is 142 g/mol. The van der Waals surface area contributed by atoms with Crippen LogP contribution in [0.15, 0.2) is 0 Å². The van der Waals surface area contributed by atoms with Gasteiger partial charge in [-0.05, 0) is 20.6 Å². The van der Waals surface area contributed by atoms with Gasteiger partial charge in [0.15, 0.2) is 0 Å². The number of hydrogen-bond acceptors (Lipinski definition) is 1. The average Bonchev–Trinajstić information content (AvgIpc) is 1.61. The summed E-state index contributed by atoms with van der Waals surface area (Å²) in [4.78, 5) is 2.09. The number of rotatable bonds is 3. The van der Waals surface area contributed by atoms with E-state index in [9.17, 15) is 0 Å². The van der Waals surface area contributed by atoms with Crippen molar-refractivity contribution in [1.29, 1.82) is 0 Å². The molecule has 0 aromatic heterocycles. The first-order chi connectivity index (χ1) is 3.27. The molecule has 0 aliphatic carbocycles. The fourth-order valence-corrected chi connectivity index (χ4v) is 0.395. The Bertz CT molecular complexity index is 43.9. The maximum atomic E-state index is 6.77. The second-order valence-electron chi connectivity index (χ2n) is 1.91.